The number of anilines is 1. The zero-order valence-corrected chi connectivity index (χ0v) is 28.7. The molecule has 0 radical (unpaired) electrons. The minimum absolute atomic E-state index is 0.126. The summed E-state index contributed by atoms with van der Waals surface area (Å²) in [6.07, 6.45) is 0. The first-order chi connectivity index (χ1) is 23.1. The number of nitrogens with zero attached hydrogens (tertiary/aromatic N) is 3. The van der Waals surface area contributed by atoms with Crippen molar-refractivity contribution in [3.05, 3.63) is 128 Å². The predicted octanol–water partition coefficient (Wildman–Crippen LogP) is 8.37. The molecule has 5 aromatic rings. The van der Waals surface area contributed by atoms with E-state index in [1.807, 2.05) is 37.3 Å². The molecule has 1 saturated heterocycles. The summed E-state index contributed by atoms with van der Waals surface area (Å²) in [5.74, 6) is -1.15. The Morgan fingerprint density at radius 1 is 1.00 bits per heavy atom. The summed E-state index contributed by atoms with van der Waals surface area (Å²) in [7, 11) is 1.39. The molecule has 4 aromatic carbocycles. The van der Waals surface area contributed by atoms with Gasteiger partial charge in [0.25, 0.3) is 5.78 Å². The number of carbonyl (C=O) groups excluding carboxylic acids is 2. The molecule has 0 spiro atoms. The summed E-state index contributed by atoms with van der Waals surface area (Å²) in [6, 6.07) is 23.1. The van der Waals surface area contributed by atoms with Gasteiger partial charge in [0.2, 0.25) is 5.13 Å². The van der Waals surface area contributed by atoms with Gasteiger partial charge in [0.1, 0.15) is 18.1 Å². The van der Waals surface area contributed by atoms with E-state index in [4.69, 9.17) is 32.7 Å². The van der Waals surface area contributed by atoms with Crippen molar-refractivity contribution in [2.45, 2.75) is 29.7 Å². The Bertz CT molecular complexity index is 2050. The quantitative estimate of drug-likeness (QED) is 0.0482. The summed E-state index contributed by atoms with van der Waals surface area (Å²) < 4.78 is 11.8. The van der Waals surface area contributed by atoms with E-state index < -0.39 is 17.7 Å². The van der Waals surface area contributed by atoms with E-state index in [1.165, 1.54) is 35.9 Å². The molecular weight excluding hydrogens is 693 g/mol. The van der Waals surface area contributed by atoms with Crippen LogP contribution in [0, 0.1) is 6.92 Å². The zero-order valence-electron chi connectivity index (χ0n) is 25.5. The zero-order chi connectivity index (χ0) is 33.9. The number of benzene rings is 4. The number of phenols is 1. The molecular formula is C35H27Cl2N3O6S2. The number of carbonyl (C=O) groups is 2. The molecule has 0 bridgehead atoms. The highest BCUT2D eigenvalue weighted by Gasteiger charge is 2.48. The van der Waals surface area contributed by atoms with Crippen LogP contribution in [-0.2, 0) is 21.9 Å². The van der Waals surface area contributed by atoms with Crippen LogP contribution in [0.15, 0.2) is 94.8 Å². The lowest BCUT2D eigenvalue weighted by atomic mass is 9.95. The van der Waals surface area contributed by atoms with Crippen LogP contribution in [0.5, 0.6) is 17.2 Å². The number of rotatable bonds is 10. The van der Waals surface area contributed by atoms with Crippen LogP contribution in [0.2, 0.25) is 10.0 Å². The van der Waals surface area contributed by atoms with Gasteiger partial charge in [-0.3, -0.25) is 14.5 Å². The molecule has 1 fully saturated rings. The summed E-state index contributed by atoms with van der Waals surface area (Å²) >= 11 is 14.8. The van der Waals surface area contributed by atoms with Gasteiger partial charge in [-0.1, -0.05) is 88.3 Å². The van der Waals surface area contributed by atoms with Gasteiger partial charge in [0, 0.05) is 21.4 Å². The fraction of sp³-hybridized carbons (Fsp3) is 0.143. The first-order valence-electron chi connectivity index (χ1n) is 14.5. The van der Waals surface area contributed by atoms with E-state index in [1.54, 1.807) is 42.5 Å². The smallest absolute Gasteiger partial charge is 0.301 e. The van der Waals surface area contributed by atoms with Gasteiger partial charge in [0.05, 0.1) is 18.7 Å². The second kappa shape index (κ2) is 14.3. The lowest BCUT2D eigenvalue weighted by Crippen LogP contribution is -2.29. The molecule has 1 aliphatic rings. The molecule has 6 rings (SSSR count). The van der Waals surface area contributed by atoms with Gasteiger partial charge in [-0.25, -0.2) is 0 Å². The Kier molecular flexibility index (Phi) is 9.93. The molecule has 0 aliphatic carbocycles. The second-order valence-corrected chi connectivity index (χ2v) is 13.8. The van der Waals surface area contributed by atoms with Crippen molar-refractivity contribution in [1.82, 2.24) is 10.2 Å². The Balaban J connectivity index is 1.32. The number of hydrogen-bond acceptors (Lipinski definition) is 10. The first kappa shape index (κ1) is 33.4. The van der Waals surface area contributed by atoms with E-state index >= 15 is 0 Å². The maximum Gasteiger partial charge on any atom is 0.301 e. The van der Waals surface area contributed by atoms with Gasteiger partial charge >= 0.3 is 5.91 Å². The number of thioether (sulfide) groups is 1. The monoisotopic (exact) mass is 719 g/mol. The fourth-order valence-corrected chi connectivity index (χ4v) is 7.61. The highest BCUT2D eigenvalue weighted by Crippen LogP contribution is 2.45. The lowest BCUT2D eigenvalue weighted by molar-refractivity contribution is -0.132. The van der Waals surface area contributed by atoms with Gasteiger partial charge in [-0.05, 0) is 72.1 Å². The van der Waals surface area contributed by atoms with Crippen molar-refractivity contribution in [3.63, 3.8) is 0 Å². The van der Waals surface area contributed by atoms with Crippen molar-refractivity contribution in [2.24, 2.45) is 0 Å². The van der Waals surface area contributed by atoms with Crippen LogP contribution in [0.4, 0.5) is 5.13 Å². The van der Waals surface area contributed by atoms with Crippen LogP contribution >= 0.6 is 46.3 Å². The Labute approximate surface area is 294 Å². The summed E-state index contributed by atoms with van der Waals surface area (Å²) in [6.45, 7) is 2.37. The number of aromatic hydroxyl groups is 1. The maximum absolute atomic E-state index is 13.7. The number of amides is 1. The molecule has 1 amide bonds. The molecule has 13 heteroatoms. The number of hydrogen-bond donors (Lipinski definition) is 2. The molecule has 1 unspecified atom stereocenters. The molecule has 48 heavy (non-hydrogen) atoms. The van der Waals surface area contributed by atoms with Crippen LogP contribution in [0.25, 0.3) is 5.76 Å². The number of ether oxygens (including phenoxy) is 2. The van der Waals surface area contributed by atoms with Crippen LogP contribution in [-0.4, -0.2) is 39.2 Å². The number of ketones is 1. The Morgan fingerprint density at radius 3 is 2.52 bits per heavy atom. The van der Waals surface area contributed by atoms with E-state index in [2.05, 4.69) is 10.2 Å². The number of methoxy groups -OCH3 is 1. The largest absolute Gasteiger partial charge is 0.507 e. The average Bonchev–Trinajstić information content (AvgIpc) is 3.65. The number of aryl methyl sites for hydroxylation is 1. The molecule has 2 N–H and O–H groups in total. The summed E-state index contributed by atoms with van der Waals surface area (Å²) in [5, 5.41) is 31.5. The maximum atomic E-state index is 13.7. The minimum atomic E-state index is -1.10. The molecule has 244 valence electrons. The topological polar surface area (TPSA) is 122 Å². The number of aliphatic hydroxyl groups is 1. The van der Waals surface area contributed by atoms with Gasteiger partial charge in [-0.15, -0.1) is 10.2 Å². The average molecular weight is 721 g/mol. The van der Waals surface area contributed by atoms with Crippen molar-refractivity contribution >= 4 is 68.9 Å². The number of aliphatic hydroxyl groups excluding tert-OH is 1. The third-order valence-electron chi connectivity index (χ3n) is 7.55. The van der Waals surface area contributed by atoms with Crippen molar-refractivity contribution in [2.75, 3.05) is 12.0 Å². The number of phenolic OH excluding ortho intramolecular Hbond substituents is 1. The van der Waals surface area contributed by atoms with E-state index in [0.717, 1.165) is 28.0 Å². The fourth-order valence-electron chi connectivity index (χ4n) is 5.18. The predicted molar refractivity (Wildman–Crippen MR) is 187 cm³/mol. The molecule has 1 atom stereocenters. The summed E-state index contributed by atoms with van der Waals surface area (Å²) in [4.78, 5) is 28.5. The van der Waals surface area contributed by atoms with E-state index in [-0.39, 0.29) is 28.0 Å². The van der Waals surface area contributed by atoms with Gasteiger partial charge in [0.15, 0.2) is 15.8 Å². The van der Waals surface area contributed by atoms with Crippen LogP contribution < -0.4 is 14.4 Å². The Morgan fingerprint density at radius 2 is 1.79 bits per heavy atom. The van der Waals surface area contributed by atoms with Gasteiger partial charge in [-0.2, -0.15) is 0 Å². The SMILES string of the molecule is COc1cc(C2/C(=C(\O)c3ccc(OCc4cccc(C)c4)cc3)C(=O)C(=O)N2c2nnc(SCc3ccc(Cl)cc3Cl)s2)ccc1O. The lowest BCUT2D eigenvalue weighted by Gasteiger charge is -2.23. The van der Waals surface area contributed by atoms with Gasteiger partial charge < -0.3 is 19.7 Å². The minimum Gasteiger partial charge on any atom is -0.507 e. The first-order valence-corrected chi connectivity index (χ1v) is 17.1. The molecule has 1 aliphatic heterocycles. The normalized spacial score (nSPS) is 15.6. The summed E-state index contributed by atoms with van der Waals surface area (Å²) in [5.41, 5.74) is 3.53. The third kappa shape index (κ3) is 7.00. The number of Topliss-reactive ketones (excluding diaryl/α,β-unsaturated/α-hetero) is 1. The number of halogens is 2. The van der Waals surface area contributed by atoms with Crippen molar-refractivity contribution in [1.29, 1.82) is 0 Å². The molecule has 0 saturated carbocycles. The van der Waals surface area contributed by atoms with Crippen LogP contribution in [0.1, 0.15) is 33.9 Å². The molecule has 1 aromatic heterocycles. The molecule has 2 heterocycles. The highest BCUT2D eigenvalue weighted by molar-refractivity contribution is 8.00. The second-order valence-electron chi connectivity index (χ2n) is 10.8. The van der Waals surface area contributed by atoms with Crippen LogP contribution in [0.3, 0.4) is 0 Å². The highest BCUT2D eigenvalue weighted by atomic mass is 35.5. The third-order valence-corrected chi connectivity index (χ3v) is 10.2. The van der Waals surface area contributed by atoms with Crippen molar-refractivity contribution in [3.8, 4) is 17.2 Å². The van der Waals surface area contributed by atoms with Crippen molar-refractivity contribution < 1.29 is 29.3 Å². The Hall–Kier alpha value is -4.55. The standard InChI is InChI=1S/C35H27Cl2N3O6S2/c1-19-4-3-5-20(14-19)17-46-25-11-7-21(8-12-25)31(42)29-30(22-9-13-27(41)28(15-22)45-2)40(33(44)32(29)43)34-38-39-35(48-34)47-18-23-6-10-24(36)16-26(23)37/h3-16,30,41-42H,17-18H2,1-2H3/b31-29+. The van der Waals surface area contributed by atoms with E-state index in [0.29, 0.717) is 43.6 Å². The number of aromatic nitrogens is 2. The molecule has 9 nitrogen and oxygen atoms in total. The van der Waals surface area contributed by atoms with E-state index in [9.17, 15) is 19.8 Å².